The first kappa shape index (κ1) is 19.8. The number of carbonyl (C=O) groups is 1. The fraction of sp³-hybridized carbons (Fsp3) is 0.296. The number of hydrogen-bond acceptors (Lipinski definition) is 3. The molecule has 1 saturated carbocycles. The van der Waals surface area contributed by atoms with Crippen LogP contribution in [0.4, 0.5) is 0 Å². The second-order valence-electron chi connectivity index (χ2n) is 8.48. The Morgan fingerprint density at radius 3 is 2.26 bits per heavy atom. The number of piperazine rings is 1. The zero-order valence-corrected chi connectivity index (χ0v) is 17.7. The second kappa shape index (κ2) is 8.94. The molecule has 1 atom stereocenters. The Hall–Kier alpha value is -3.11. The Labute approximate surface area is 184 Å². The van der Waals surface area contributed by atoms with E-state index in [1.807, 2.05) is 60.7 Å². The minimum atomic E-state index is 0.0582. The number of benzene rings is 3. The van der Waals surface area contributed by atoms with Crippen LogP contribution in [0, 0.1) is 0 Å². The summed E-state index contributed by atoms with van der Waals surface area (Å²) in [7, 11) is 0. The number of carbonyl (C=O) groups excluding carboxylic acids is 1. The summed E-state index contributed by atoms with van der Waals surface area (Å²) >= 11 is 0. The molecule has 4 heteroatoms. The largest absolute Gasteiger partial charge is 0.457 e. The predicted octanol–water partition coefficient (Wildman–Crippen LogP) is 5.01. The molecule has 0 N–H and O–H groups in total. The highest BCUT2D eigenvalue weighted by Crippen LogP contribution is 2.32. The average Bonchev–Trinajstić information content (AvgIpc) is 3.66. The van der Waals surface area contributed by atoms with E-state index < -0.39 is 0 Å². The highest BCUT2D eigenvalue weighted by molar-refractivity contribution is 5.97. The lowest BCUT2D eigenvalue weighted by atomic mass is 10.0. The molecule has 1 aliphatic carbocycles. The molecule has 1 amide bonds. The molecule has 0 spiro atoms. The first-order valence-corrected chi connectivity index (χ1v) is 11.2. The van der Waals surface area contributed by atoms with Gasteiger partial charge in [0.1, 0.15) is 11.5 Å². The molecule has 31 heavy (non-hydrogen) atoms. The molecule has 2 fully saturated rings. The van der Waals surface area contributed by atoms with Gasteiger partial charge in [-0.25, -0.2) is 0 Å². The van der Waals surface area contributed by atoms with Gasteiger partial charge in [-0.3, -0.25) is 9.69 Å². The predicted molar refractivity (Wildman–Crippen MR) is 123 cm³/mol. The van der Waals surface area contributed by atoms with Crippen LogP contribution in [0.2, 0.25) is 0 Å². The molecular weight excluding hydrogens is 384 g/mol. The number of nitrogens with zero attached hydrogens (tertiary/aromatic N) is 2. The van der Waals surface area contributed by atoms with Crippen molar-refractivity contribution < 1.29 is 9.53 Å². The fourth-order valence-electron chi connectivity index (χ4n) is 4.48. The number of rotatable bonds is 6. The first-order valence-electron chi connectivity index (χ1n) is 11.2. The number of hydrogen-bond donors (Lipinski definition) is 0. The van der Waals surface area contributed by atoms with Gasteiger partial charge in [-0.15, -0.1) is 0 Å². The summed E-state index contributed by atoms with van der Waals surface area (Å²) in [4.78, 5) is 18.4. The molecule has 0 radical (unpaired) electrons. The maximum Gasteiger partial charge on any atom is 0.257 e. The Balaban J connectivity index is 1.40. The molecule has 1 saturated heterocycles. The number of amides is 1. The lowest BCUT2D eigenvalue weighted by molar-refractivity contribution is 0.0435. The van der Waals surface area contributed by atoms with Crippen LogP contribution in [-0.2, 0) is 6.42 Å². The zero-order valence-electron chi connectivity index (χ0n) is 17.7. The van der Waals surface area contributed by atoms with Crippen molar-refractivity contribution in [3.8, 4) is 11.5 Å². The highest BCUT2D eigenvalue weighted by Gasteiger charge is 2.37. The molecule has 0 bridgehead atoms. The van der Waals surface area contributed by atoms with Crippen LogP contribution < -0.4 is 4.74 Å². The van der Waals surface area contributed by atoms with E-state index in [9.17, 15) is 4.79 Å². The van der Waals surface area contributed by atoms with Gasteiger partial charge < -0.3 is 9.64 Å². The van der Waals surface area contributed by atoms with Crippen LogP contribution in [0.25, 0.3) is 0 Å². The van der Waals surface area contributed by atoms with Gasteiger partial charge in [0, 0.05) is 31.7 Å². The Morgan fingerprint density at radius 2 is 1.52 bits per heavy atom. The van der Waals surface area contributed by atoms with Crippen molar-refractivity contribution >= 4 is 5.91 Å². The van der Waals surface area contributed by atoms with Crippen molar-refractivity contribution in [2.45, 2.75) is 31.3 Å². The van der Waals surface area contributed by atoms with Gasteiger partial charge in [0.2, 0.25) is 0 Å². The van der Waals surface area contributed by atoms with Crippen molar-refractivity contribution in [1.82, 2.24) is 9.80 Å². The normalized spacial score (nSPS) is 19.2. The van der Waals surface area contributed by atoms with Gasteiger partial charge >= 0.3 is 0 Å². The Kier molecular flexibility index (Phi) is 5.72. The lowest BCUT2D eigenvalue weighted by Gasteiger charge is -2.42. The van der Waals surface area contributed by atoms with Gasteiger partial charge in [-0.2, -0.15) is 0 Å². The van der Waals surface area contributed by atoms with E-state index in [1.165, 1.54) is 18.4 Å². The van der Waals surface area contributed by atoms with Crippen LogP contribution in [-0.4, -0.2) is 47.4 Å². The van der Waals surface area contributed by atoms with Crippen LogP contribution in [0.3, 0.4) is 0 Å². The number of para-hydroxylation sites is 2. The van der Waals surface area contributed by atoms with Gasteiger partial charge in [0.05, 0.1) is 5.56 Å². The van der Waals surface area contributed by atoms with Crippen LogP contribution in [0.1, 0.15) is 28.8 Å². The van der Waals surface area contributed by atoms with Gasteiger partial charge in [0.25, 0.3) is 5.91 Å². The molecule has 4 nitrogen and oxygen atoms in total. The van der Waals surface area contributed by atoms with Gasteiger partial charge in [-0.1, -0.05) is 60.7 Å². The summed E-state index contributed by atoms with van der Waals surface area (Å²) in [6.07, 6.45) is 3.46. The van der Waals surface area contributed by atoms with Crippen LogP contribution >= 0.6 is 0 Å². The third kappa shape index (κ3) is 4.64. The lowest BCUT2D eigenvalue weighted by Crippen LogP contribution is -2.56. The first-order chi connectivity index (χ1) is 15.3. The minimum absolute atomic E-state index is 0.0582. The summed E-state index contributed by atoms with van der Waals surface area (Å²) < 4.78 is 6.09. The fourth-order valence-corrected chi connectivity index (χ4v) is 4.48. The van der Waals surface area contributed by atoms with E-state index in [1.54, 1.807) is 0 Å². The SMILES string of the molecule is O=C(c1ccccc1Oc1ccccc1)N1CCN(C2CC2)CC1Cc1ccccc1. The third-order valence-electron chi connectivity index (χ3n) is 6.24. The van der Waals surface area contributed by atoms with E-state index in [-0.39, 0.29) is 11.9 Å². The topological polar surface area (TPSA) is 32.8 Å². The molecule has 1 unspecified atom stereocenters. The maximum atomic E-state index is 13.7. The maximum absolute atomic E-state index is 13.7. The van der Waals surface area contributed by atoms with E-state index in [2.05, 4.69) is 34.1 Å². The van der Waals surface area contributed by atoms with Crippen molar-refractivity contribution in [1.29, 1.82) is 0 Å². The minimum Gasteiger partial charge on any atom is -0.457 e. The molecule has 158 valence electrons. The number of ether oxygens (including phenoxy) is 1. The summed E-state index contributed by atoms with van der Waals surface area (Å²) in [6.45, 7) is 2.64. The molecule has 1 heterocycles. The van der Waals surface area contributed by atoms with E-state index in [0.29, 0.717) is 17.4 Å². The quantitative estimate of drug-likeness (QED) is 0.571. The smallest absolute Gasteiger partial charge is 0.257 e. The van der Waals surface area contributed by atoms with Crippen LogP contribution in [0.15, 0.2) is 84.9 Å². The second-order valence-corrected chi connectivity index (χ2v) is 8.48. The van der Waals surface area contributed by atoms with Gasteiger partial charge in [0.15, 0.2) is 0 Å². The molecule has 3 aromatic rings. The van der Waals surface area contributed by atoms with Gasteiger partial charge in [-0.05, 0) is 49.1 Å². The summed E-state index contributed by atoms with van der Waals surface area (Å²) in [5.41, 5.74) is 1.90. The summed E-state index contributed by atoms with van der Waals surface area (Å²) in [5.74, 6) is 1.41. The standard InChI is InChI=1S/C27H28N2O2/c30-27(25-13-7-8-14-26(25)31-24-11-5-2-6-12-24)29-18-17-28(22-15-16-22)20-23(29)19-21-9-3-1-4-10-21/h1-14,22-23H,15-20H2. The molecule has 0 aromatic heterocycles. The monoisotopic (exact) mass is 412 g/mol. The van der Waals surface area contributed by atoms with E-state index in [0.717, 1.165) is 31.8 Å². The highest BCUT2D eigenvalue weighted by atomic mass is 16.5. The Bertz CT molecular complexity index is 1020. The molecule has 2 aliphatic rings. The molecule has 1 aliphatic heterocycles. The van der Waals surface area contributed by atoms with Crippen molar-refractivity contribution in [3.63, 3.8) is 0 Å². The van der Waals surface area contributed by atoms with E-state index in [4.69, 9.17) is 4.74 Å². The van der Waals surface area contributed by atoms with E-state index >= 15 is 0 Å². The summed E-state index contributed by atoms with van der Waals surface area (Å²) in [6, 6.07) is 28.6. The third-order valence-corrected chi connectivity index (χ3v) is 6.24. The molecule has 5 rings (SSSR count). The Morgan fingerprint density at radius 1 is 0.839 bits per heavy atom. The van der Waals surface area contributed by atoms with Crippen molar-refractivity contribution in [2.24, 2.45) is 0 Å². The average molecular weight is 413 g/mol. The summed E-state index contributed by atoms with van der Waals surface area (Å²) in [5, 5.41) is 0. The molecular formula is C27H28N2O2. The zero-order chi connectivity index (χ0) is 21.0. The van der Waals surface area contributed by atoms with Crippen LogP contribution in [0.5, 0.6) is 11.5 Å². The molecule has 3 aromatic carbocycles. The van der Waals surface area contributed by atoms with Crippen molar-refractivity contribution in [2.75, 3.05) is 19.6 Å². The van der Waals surface area contributed by atoms with Crippen molar-refractivity contribution in [3.05, 3.63) is 96.1 Å².